The molecule has 4 rings (SSSR count). The van der Waals surface area contributed by atoms with Gasteiger partial charge in [0.25, 0.3) is 17.1 Å². The Balaban J connectivity index is 1.51. The Morgan fingerprint density at radius 2 is 2.09 bits per heavy atom. The molecule has 10 nitrogen and oxygen atoms in total. The Morgan fingerprint density at radius 3 is 2.77 bits per heavy atom. The number of hydrogen-bond acceptors (Lipinski definition) is 7. The molecule has 4 N–H and O–H groups in total. The summed E-state index contributed by atoms with van der Waals surface area (Å²) < 4.78 is 26.0. The maximum atomic E-state index is 13.0. The Hall–Kier alpha value is -3.18. The molecule has 2 aliphatic rings. The Labute approximate surface area is 206 Å². The lowest BCUT2D eigenvalue weighted by molar-refractivity contribution is 0.0471. The van der Waals surface area contributed by atoms with Crippen LogP contribution in [-0.4, -0.2) is 56.1 Å². The number of benzene rings is 1. The highest BCUT2D eigenvalue weighted by molar-refractivity contribution is 7.83. The van der Waals surface area contributed by atoms with Crippen molar-refractivity contribution in [2.45, 2.75) is 58.1 Å². The summed E-state index contributed by atoms with van der Waals surface area (Å²) in [6.45, 7) is 6.90. The van der Waals surface area contributed by atoms with Crippen LogP contribution in [0.15, 0.2) is 43.7 Å². The average Bonchev–Trinajstić information content (AvgIpc) is 3.45. The number of likely N-dealkylation sites (tertiary alicyclic amines) is 1. The molecule has 3 unspecified atom stereocenters. The smallest absolute Gasteiger partial charge is 0.269 e. The van der Waals surface area contributed by atoms with E-state index in [2.05, 4.69) is 33.3 Å². The quantitative estimate of drug-likeness (QED) is 0.446. The molecule has 0 bridgehead atoms. The van der Waals surface area contributed by atoms with E-state index >= 15 is 0 Å². The molecule has 1 amide bonds. The zero-order valence-electron chi connectivity index (χ0n) is 20.0. The van der Waals surface area contributed by atoms with E-state index in [1.807, 2.05) is 13.0 Å². The van der Waals surface area contributed by atoms with Crippen molar-refractivity contribution in [2.75, 3.05) is 18.4 Å². The number of aromatic hydroxyl groups is 1. The van der Waals surface area contributed by atoms with Crippen LogP contribution in [0.2, 0.25) is 0 Å². The van der Waals surface area contributed by atoms with Gasteiger partial charge in [-0.2, -0.15) is 0 Å². The molecule has 2 aromatic rings. The van der Waals surface area contributed by atoms with Gasteiger partial charge in [0, 0.05) is 13.1 Å². The Bertz CT molecular complexity index is 1170. The molecule has 35 heavy (non-hydrogen) atoms. The van der Waals surface area contributed by atoms with E-state index in [1.165, 1.54) is 11.0 Å². The molecule has 0 aliphatic carbocycles. The summed E-state index contributed by atoms with van der Waals surface area (Å²) in [5.74, 6) is 0.899. The standard InChI is InChI=1S/C24H31N5O5S/c1-4-18(20-11-15(13-34-20)14(2)3)25-22-23(28-35(33)27-22)26-19-9-5-8-17(21(19)31)24(32)29-10-6-7-16(30)12-29/h5,8-9,11,13-14,16,18,30-31H,4,6-7,10,12H2,1-3H3,(H,25,27)(H,26,28). The first-order valence-corrected chi connectivity index (χ1v) is 12.8. The summed E-state index contributed by atoms with van der Waals surface area (Å²) in [7, 11) is 0. The molecular weight excluding hydrogens is 470 g/mol. The van der Waals surface area contributed by atoms with Gasteiger partial charge in [-0.15, -0.1) is 8.80 Å². The molecule has 1 saturated heterocycles. The van der Waals surface area contributed by atoms with Gasteiger partial charge in [-0.3, -0.25) is 4.79 Å². The number of furan rings is 1. The van der Waals surface area contributed by atoms with E-state index in [0.717, 1.165) is 11.3 Å². The van der Waals surface area contributed by atoms with Gasteiger partial charge in [-0.1, -0.05) is 26.8 Å². The highest BCUT2D eigenvalue weighted by Crippen LogP contribution is 2.30. The second kappa shape index (κ2) is 10.6. The predicted octanol–water partition coefficient (Wildman–Crippen LogP) is 3.25. The number of phenols is 1. The van der Waals surface area contributed by atoms with Crippen molar-refractivity contribution in [3.63, 3.8) is 0 Å². The van der Waals surface area contributed by atoms with E-state index in [1.54, 1.807) is 18.4 Å². The second-order valence-corrected chi connectivity index (χ2v) is 9.85. The number of nitrogens with zero attached hydrogens (tertiary/aromatic N) is 3. The van der Waals surface area contributed by atoms with Crippen LogP contribution in [0.4, 0.5) is 5.69 Å². The minimum Gasteiger partial charge on any atom is -0.505 e. The van der Waals surface area contributed by atoms with Gasteiger partial charge >= 0.3 is 0 Å². The molecule has 11 heteroatoms. The highest BCUT2D eigenvalue weighted by Gasteiger charge is 2.28. The van der Waals surface area contributed by atoms with Gasteiger partial charge < -0.3 is 30.2 Å². The number of phenolic OH excluding ortho intramolecular Hbond substituents is 1. The summed E-state index contributed by atoms with van der Waals surface area (Å²) in [5.41, 5.74) is 1.42. The third-order valence-electron chi connectivity index (χ3n) is 6.14. The fraction of sp³-hybridized carbons (Fsp3) is 0.458. The number of para-hydroxylation sites is 1. The zero-order valence-corrected chi connectivity index (χ0v) is 20.8. The fourth-order valence-corrected chi connectivity index (χ4v) is 4.71. The van der Waals surface area contributed by atoms with Gasteiger partial charge in [0.15, 0.2) is 17.4 Å². The lowest BCUT2D eigenvalue weighted by atomic mass is 10.1. The number of carbonyl (C=O) groups is 1. The van der Waals surface area contributed by atoms with Crippen LogP contribution in [-0.2, 0) is 11.2 Å². The molecule has 1 fully saturated rings. The monoisotopic (exact) mass is 501 g/mol. The van der Waals surface area contributed by atoms with Gasteiger partial charge in [-0.25, -0.2) is 4.21 Å². The molecule has 188 valence electrons. The number of piperidine rings is 1. The van der Waals surface area contributed by atoms with Crippen molar-refractivity contribution < 1.29 is 23.6 Å². The van der Waals surface area contributed by atoms with Crippen molar-refractivity contribution in [1.82, 2.24) is 10.2 Å². The average molecular weight is 502 g/mol. The molecular formula is C24H31N5O5S. The van der Waals surface area contributed by atoms with Crippen LogP contribution in [0.25, 0.3) is 0 Å². The van der Waals surface area contributed by atoms with Crippen molar-refractivity contribution in [3.05, 3.63) is 47.4 Å². The first-order chi connectivity index (χ1) is 16.8. The molecule has 0 radical (unpaired) electrons. The number of nitrogens with one attached hydrogen (secondary N) is 2. The van der Waals surface area contributed by atoms with E-state index in [9.17, 15) is 19.2 Å². The number of amides is 1. The molecule has 0 spiro atoms. The summed E-state index contributed by atoms with van der Waals surface area (Å²) in [4.78, 5) is 14.5. The van der Waals surface area contributed by atoms with Crippen molar-refractivity contribution >= 4 is 34.4 Å². The van der Waals surface area contributed by atoms with Crippen LogP contribution >= 0.6 is 0 Å². The fourth-order valence-electron chi connectivity index (χ4n) is 4.09. The van der Waals surface area contributed by atoms with Gasteiger partial charge in [0.05, 0.1) is 29.7 Å². The maximum absolute atomic E-state index is 13.0. The minimum absolute atomic E-state index is 0.110. The molecule has 2 aliphatic heterocycles. The zero-order chi connectivity index (χ0) is 25.1. The Morgan fingerprint density at radius 1 is 1.31 bits per heavy atom. The second-order valence-electron chi connectivity index (χ2n) is 9.03. The lowest BCUT2D eigenvalue weighted by Gasteiger charge is -2.30. The number of anilines is 1. The van der Waals surface area contributed by atoms with E-state index in [4.69, 9.17) is 4.42 Å². The van der Waals surface area contributed by atoms with Crippen LogP contribution in [0.1, 0.15) is 73.7 Å². The van der Waals surface area contributed by atoms with Crippen LogP contribution < -0.4 is 10.6 Å². The van der Waals surface area contributed by atoms with Crippen molar-refractivity contribution in [3.8, 4) is 5.75 Å². The normalized spacial score (nSPS) is 21.0. The number of carbonyl (C=O) groups excluding carboxylic acids is 1. The first kappa shape index (κ1) is 24.9. The van der Waals surface area contributed by atoms with Gasteiger partial charge in [-0.05, 0) is 48.9 Å². The third-order valence-corrected chi connectivity index (χ3v) is 6.81. The maximum Gasteiger partial charge on any atom is 0.269 e. The summed E-state index contributed by atoms with van der Waals surface area (Å²) in [6.07, 6.45) is 3.20. The van der Waals surface area contributed by atoms with Crippen LogP contribution in [0.3, 0.4) is 0 Å². The topological polar surface area (TPSA) is 140 Å². The number of rotatable bonds is 6. The number of aliphatic hydroxyl groups is 1. The van der Waals surface area contributed by atoms with Gasteiger partial charge in [0.1, 0.15) is 5.76 Å². The molecule has 0 saturated carbocycles. The van der Waals surface area contributed by atoms with Crippen molar-refractivity contribution in [1.29, 1.82) is 0 Å². The first-order valence-electron chi connectivity index (χ1n) is 11.8. The predicted molar refractivity (Wildman–Crippen MR) is 135 cm³/mol. The largest absolute Gasteiger partial charge is 0.505 e. The molecule has 3 atom stereocenters. The Kier molecular flexibility index (Phi) is 7.56. The number of β-amino-alcohol motifs (C(OH)–C–C–N with tert-alkyl or cyclic N) is 1. The van der Waals surface area contributed by atoms with E-state index < -0.39 is 17.3 Å². The van der Waals surface area contributed by atoms with Crippen LogP contribution in [0, 0.1) is 0 Å². The summed E-state index contributed by atoms with van der Waals surface area (Å²) in [5, 5.41) is 27.0. The number of amidine groups is 2. The molecule has 1 aromatic carbocycles. The lowest BCUT2D eigenvalue weighted by Crippen LogP contribution is -2.42. The minimum atomic E-state index is -1.83. The number of aliphatic hydroxyl groups excluding tert-OH is 1. The summed E-state index contributed by atoms with van der Waals surface area (Å²) in [6, 6.07) is 6.52. The van der Waals surface area contributed by atoms with E-state index in [-0.39, 0.29) is 47.2 Å². The van der Waals surface area contributed by atoms with E-state index in [0.29, 0.717) is 31.7 Å². The number of hydrogen-bond donors (Lipinski definition) is 4. The molecule has 1 aromatic heterocycles. The third kappa shape index (κ3) is 5.57. The molecule has 3 heterocycles. The SMILES string of the molecule is CCC(NC1=NS(=O)N=C1Nc1cccc(C(=O)N2CCCC(O)C2)c1O)c1cc(C(C)C)co1. The van der Waals surface area contributed by atoms with Gasteiger partial charge in [0.2, 0.25) is 0 Å². The highest BCUT2D eigenvalue weighted by atomic mass is 32.2. The summed E-state index contributed by atoms with van der Waals surface area (Å²) >= 11 is -1.83. The van der Waals surface area contributed by atoms with Crippen molar-refractivity contribution in [2.24, 2.45) is 8.80 Å². The van der Waals surface area contributed by atoms with Crippen LogP contribution in [0.5, 0.6) is 5.75 Å².